The smallest absolute Gasteiger partial charge is 0.219 e. The van der Waals surface area contributed by atoms with Crippen LogP contribution in [-0.2, 0) is 15.9 Å². The van der Waals surface area contributed by atoms with Gasteiger partial charge in [-0.15, -0.1) is 0 Å². The van der Waals surface area contributed by atoms with Crippen LogP contribution in [-0.4, -0.2) is 32.8 Å². The van der Waals surface area contributed by atoms with Crippen molar-refractivity contribution in [3.05, 3.63) is 46.7 Å². The normalized spacial score (nSPS) is 36.2. The summed E-state index contributed by atoms with van der Waals surface area (Å²) >= 11 is 0. The summed E-state index contributed by atoms with van der Waals surface area (Å²) in [5.41, 5.74) is 1.60. The van der Waals surface area contributed by atoms with Gasteiger partial charge in [-0.3, -0.25) is 0 Å². The van der Waals surface area contributed by atoms with E-state index in [1.165, 1.54) is 0 Å². The lowest BCUT2D eigenvalue weighted by molar-refractivity contribution is -0.309. The van der Waals surface area contributed by atoms with Gasteiger partial charge in [-0.25, -0.2) is 0 Å². The number of benzene rings is 1. The van der Waals surface area contributed by atoms with E-state index < -0.39 is 17.5 Å². The summed E-state index contributed by atoms with van der Waals surface area (Å²) in [6, 6.07) is 3.17. The van der Waals surface area contributed by atoms with Crippen molar-refractivity contribution in [3.8, 4) is 11.5 Å². The van der Waals surface area contributed by atoms with Gasteiger partial charge in [-0.05, 0) is 70.7 Å². The van der Waals surface area contributed by atoms with Crippen LogP contribution in [0.25, 0.3) is 0 Å². The van der Waals surface area contributed by atoms with Gasteiger partial charge >= 0.3 is 0 Å². The van der Waals surface area contributed by atoms with Crippen LogP contribution in [0.3, 0.4) is 0 Å². The van der Waals surface area contributed by atoms with Crippen molar-refractivity contribution in [1.29, 1.82) is 0 Å². The average Bonchev–Trinajstić information content (AvgIpc) is 3.10. The Hall–Kier alpha value is -1.98. The second-order valence-corrected chi connectivity index (χ2v) is 11.2. The molecule has 0 aromatic heterocycles. The minimum Gasteiger partial charge on any atom is -0.508 e. The Morgan fingerprint density at radius 3 is 2.53 bits per heavy atom. The van der Waals surface area contributed by atoms with Crippen molar-refractivity contribution in [2.75, 3.05) is 0 Å². The van der Waals surface area contributed by atoms with Crippen LogP contribution in [0.1, 0.15) is 77.8 Å². The van der Waals surface area contributed by atoms with E-state index in [1.807, 2.05) is 13.8 Å². The molecule has 3 aliphatic rings. The highest BCUT2D eigenvalue weighted by Gasteiger charge is 2.69. The van der Waals surface area contributed by atoms with Crippen LogP contribution in [0, 0.1) is 17.8 Å². The zero-order chi connectivity index (χ0) is 23.5. The van der Waals surface area contributed by atoms with Gasteiger partial charge in [-0.2, -0.15) is 0 Å². The number of hydrogen-bond donors (Lipinski definition) is 3. The Bertz CT molecular complexity index is 977. The average molecular weight is 443 g/mol. The van der Waals surface area contributed by atoms with Crippen molar-refractivity contribution in [2.24, 2.45) is 10.8 Å². The highest BCUT2D eigenvalue weighted by Crippen LogP contribution is 2.67. The molecule has 1 aliphatic carbocycles. The van der Waals surface area contributed by atoms with E-state index in [1.54, 1.807) is 19.1 Å². The van der Waals surface area contributed by atoms with Crippen molar-refractivity contribution < 1.29 is 24.8 Å². The summed E-state index contributed by atoms with van der Waals surface area (Å²) in [6.07, 6.45) is 8.66. The molecule has 0 amide bonds. The summed E-state index contributed by atoms with van der Waals surface area (Å²) in [7, 11) is 0. The van der Waals surface area contributed by atoms with E-state index in [0.717, 1.165) is 30.6 Å². The first-order valence-electron chi connectivity index (χ1n) is 11.8. The first-order valence-corrected chi connectivity index (χ1v) is 11.8. The van der Waals surface area contributed by atoms with E-state index >= 15 is 0 Å². The number of aryl methyl sites for hydroxylation is 1. The SMILES string of the molecule is CC(=CCc1cc(O)cc(C)c1O)CC1=C[C@]2(C)CCC[C@]2(C)[C@@]2(C[C@@H](O)C(C)(C)O2)O1. The molecule has 3 N–H and O–H groups in total. The molecule has 1 aromatic rings. The van der Waals surface area contributed by atoms with Crippen molar-refractivity contribution in [3.63, 3.8) is 0 Å². The van der Waals surface area contributed by atoms with Crippen LogP contribution in [0.2, 0.25) is 0 Å². The Kier molecular flexibility index (Phi) is 5.45. The van der Waals surface area contributed by atoms with Gasteiger partial charge in [0.2, 0.25) is 5.79 Å². The Balaban J connectivity index is 1.60. The van der Waals surface area contributed by atoms with Crippen LogP contribution in [0.15, 0.2) is 35.6 Å². The van der Waals surface area contributed by atoms with Gasteiger partial charge in [0.1, 0.15) is 17.3 Å². The van der Waals surface area contributed by atoms with Crippen LogP contribution in [0.5, 0.6) is 11.5 Å². The van der Waals surface area contributed by atoms with Gasteiger partial charge in [0.15, 0.2) is 0 Å². The molecule has 1 spiro atoms. The molecule has 4 rings (SSSR count). The lowest BCUT2D eigenvalue weighted by Crippen LogP contribution is -2.57. The molecule has 32 heavy (non-hydrogen) atoms. The van der Waals surface area contributed by atoms with E-state index in [-0.39, 0.29) is 22.3 Å². The quantitative estimate of drug-likeness (QED) is 0.415. The maximum atomic E-state index is 10.8. The largest absolute Gasteiger partial charge is 0.508 e. The zero-order valence-corrected chi connectivity index (χ0v) is 20.3. The number of ether oxygens (including phenoxy) is 2. The summed E-state index contributed by atoms with van der Waals surface area (Å²) in [5.74, 6) is 0.451. The lowest BCUT2D eigenvalue weighted by Gasteiger charge is -2.54. The lowest BCUT2D eigenvalue weighted by atomic mass is 9.60. The molecule has 2 aliphatic heterocycles. The van der Waals surface area contributed by atoms with E-state index in [9.17, 15) is 15.3 Å². The third-order valence-corrected chi connectivity index (χ3v) is 8.43. The molecule has 2 fully saturated rings. The third-order valence-electron chi connectivity index (χ3n) is 8.43. The van der Waals surface area contributed by atoms with Gasteiger partial charge in [0.25, 0.3) is 0 Å². The molecule has 176 valence electrons. The fourth-order valence-electron chi connectivity index (χ4n) is 6.08. The standard InChI is InChI=1S/C27H38O5/c1-17(8-9-19-14-20(28)13-18(2)23(19)30)12-21-15-25(5)10-7-11-26(25,6)27(31-21)16-22(29)24(3,4)32-27/h8,13-15,22,28-30H,7,9-12,16H2,1-6H3/t22-,25+,26+,27+/m1/s1. The number of aliphatic hydroxyl groups is 1. The number of aromatic hydroxyl groups is 2. The summed E-state index contributed by atoms with van der Waals surface area (Å²) in [4.78, 5) is 0. The number of phenols is 2. The van der Waals surface area contributed by atoms with Gasteiger partial charge in [0.05, 0.1) is 11.7 Å². The molecule has 0 radical (unpaired) electrons. The minimum absolute atomic E-state index is 0.0540. The molecule has 1 aromatic carbocycles. The molecule has 2 heterocycles. The predicted molar refractivity (Wildman–Crippen MR) is 124 cm³/mol. The maximum Gasteiger partial charge on any atom is 0.219 e. The van der Waals surface area contributed by atoms with Crippen molar-refractivity contribution in [2.45, 2.75) is 97.6 Å². The van der Waals surface area contributed by atoms with E-state index in [4.69, 9.17) is 9.47 Å². The van der Waals surface area contributed by atoms with E-state index in [0.29, 0.717) is 30.4 Å². The highest BCUT2D eigenvalue weighted by molar-refractivity contribution is 5.46. The zero-order valence-electron chi connectivity index (χ0n) is 20.3. The van der Waals surface area contributed by atoms with Gasteiger partial charge < -0.3 is 24.8 Å². The van der Waals surface area contributed by atoms with Crippen LogP contribution in [0.4, 0.5) is 0 Å². The van der Waals surface area contributed by atoms with Crippen LogP contribution < -0.4 is 0 Å². The molecule has 0 bridgehead atoms. The van der Waals surface area contributed by atoms with Crippen molar-refractivity contribution in [1.82, 2.24) is 0 Å². The van der Waals surface area contributed by atoms with Crippen molar-refractivity contribution >= 4 is 0 Å². The second kappa shape index (κ2) is 7.53. The fourth-order valence-corrected chi connectivity index (χ4v) is 6.08. The number of phenolic OH excluding ortho intramolecular Hbond substituents is 2. The molecule has 4 atom stereocenters. The second-order valence-electron chi connectivity index (χ2n) is 11.2. The monoisotopic (exact) mass is 442 g/mol. The number of fused-ring (bicyclic) bond motifs is 2. The molecule has 5 heteroatoms. The Morgan fingerprint density at radius 2 is 1.88 bits per heavy atom. The number of hydrogen-bond acceptors (Lipinski definition) is 5. The van der Waals surface area contributed by atoms with Gasteiger partial charge in [0, 0.05) is 29.2 Å². The minimum atomic E-state index is -0.827. The van der Waals surface area contributed by atoms with Crippen LogP contribution >= 0.6 is 0 Å². The first kappa shape index (κ1) is 23.2. The number of rotatable bonds is 4. The number of aliphatic hydroxyl groups excluding tert-OH is 1. The highest BCUT2D eigenvalue weighted by atomic mass is 16.7. The molecule has 0 unspecified atom stereocenters. The molecule has 1 saturated carbocycles. The molecular formula is C27H38O5. The van der Waals surface area contributed by atoms with E-state index in [2.05, 4.69) is 32.9 Å². The topological polar surface area (TPSA) is 79.2 Å². The molecular weight excluding hydrogens is 404 g/mol. The summed E-state index contributed by atoms with van der Waals surface area (Å²) in [6.45, 7) is 12.3. The first-order chi connectivity index (χ1) is 14.8. The number of allylic oxidation sites excluding steroid dienone is 3. The predicted octanol–water partition coefficient (Wildman–Crippen LogP) is 5.65. The molecule has 1 saturated heterocycles. The Labute approximate surface area is 191 Å². The fraction of sp³-hybridized carbons (Fsp3) is 0.630. The summed E-state index contributed by atoms with van der Waals surface area (Å²) in [5, 5.41) is 31.0. The molecule has 5 nitrogen and oxygen atoms in total. The third kappa shape index (κ3) is 3.54. The Morgan fingerprint density at radius 1 is 1.16 bits per heavy atom. The summed E-state index contributed by atoms with van der Waals surface area (Å²) < 4.78 is 13.2. The maximum absolute atomic E-state index is 10.8. The van der Waals surface area contributed by atoms with Gasteiger partial charge in [-0.1, -0.05) is 31.9 Å².